The number of nitrogens with two attached hydrogens (primary N) is 1. The molecule has 0 spiro atoms. The monoisotopic (exact) mass is 179 g/mol. The van der Waals surface area contributed by atoms with Gasteiger partial charge in [0, 0.05) is 6.04 Å². The van der Waals surface area contributed by atoms with E-state index in [2.05, 4.69) is 13.0 Å². The summed E-state index contributed by atoms with van der Waals surface area (Å²) in [5.74, 6) is 1.83. The Balaban J connectivity index is 1.96. The maximum Gasteiger partial charge on any atom is 0.0229 e. The largest absolute Gasteiger partial charge is 0.324 e. The standard InChI is InChI=1S/C12H21N/c1-9-3-2-4-10(7-9)11-5-6-12(13)8-11/h8-10,12H,2-7,13H2,1H3. The topological polar surface area (TPSA) is 26.0 Å². The highest BCUT2D eigenvalue weighted by atomic mass is 14.6. The van der Waals surface area contributed by atoms with Crippen LogP contribution in [0.2, 0.25) is 0 Å². The smallest absolute Gasteiger partial charge is 0.0229 e. The second-order valence-electron chi connectivity index (χ2n) is 4.91. The van der Waals surface area contributed by atoms with Gasteiger partial charge in [-0.25, -0.2) is 0 Å². The van der Waals surface area contributed by atoms with Crippen LogP contribution >= 0.6 is 0 Å². The van der Waals surface area contributed by atoms with E-state index in [0.29, 0.717) is 6.04 Å². The molecule has 0 aliphatic heterocycles. The molecule has 0 aromatic heterocycles. The zero-order valence-electron chi connectivity index (χ0n) is 8.63. The lowest BCUT2D eigenvalue weighted by Crippen LogP contribution is -2.15. The molecule has 0 saturated heterocycles. The van der Waals surface area contributed by atoms with Gasteiger partial charge in [-0.1, -0.05) is 31.4 Å². The van der Waals surface area contributed by atoms with Crippen molar-refractivity contribution in [3.05, 3.63) is 11.6 Å². The van der Waals surface area contributed by atoms with Gasteiger partial charge < -0.3 is 5.73 Å². The van der Waals surface area contributed by atoms with Crippen molar-refractivity contribution in [2.45, 2.75) is 51.5 Å². The maximum atomic E-state index is 5.89. The van der Waals surface area contributed by atoms with Crippen molar-refractivity contribution in [3.8, 4) is 0 Å². The van der Waals surface area contributed by atoms with Crippen molar-refractivity contribution in [2.24, 2.45) is 17.6 Å². The lowest BCUT2D eigenvalue weighted by Gasteiger charge is -2.27. The van der Waals surface area contributed by atoms with E-state index in [0.717, 1.165) is 11.8 Å². The number of allylic oxidation sites excluding steroid dienone is 1. The van der Waals surface area contributed by atoms with Crippen LogP contribution in [0.5, 0.6) is 0 Å². The minimum atomic E-state index is 0.368. The average molecular weight is 179 g/mol. The second kappa shape index (κ2) is 3.83. The van der Waals surface area contributed by atoms with Gasteiger partial charge in [0.05, 0.1) is 0 Å². The molecule has 2 rings (SSSR count). The predicted octanol–water partition coefficient (Wildman–Crippen LogP) is 2.86. The van der Waals surface area contributed by atoms with Gasteiger partial charge in [-0.15, -0.1) is 0 Å². The van der Waals surface area contributed by atoms with Crippen LogP contribution in [0.25, 0.3) is 0 Å². The highest BCUT2D eigenvalue weighted by Crippen LogP contribution is 2.37. The Morgan fingerprint density at radius 2 is 2.15 bits per heavy atom. The quantitative estimate of drug-likeness (QED) is 0.615. The Bertz CT molecular complexity index is 207. The molecule has 1 nitrogen and oxygen atoms in total. The van der Waals surface area contributed by atoms with Gasteiger partial charge in [0.2, 0.25) is 0 Å². The highest BCUT2D eigenvalue weighted by Gasteiger charge is 2.24. The molecule has 0 aromatic rings. The lowest BCUT2D eigenvalue weighted by molar-refractivity contribution is 0.311. The summed E-state index contributed by atoms with van der Waals surface area (Å²) in [7, 11) is 0. The van der Waals surface area contributed by atoms with Crippen LogP contribution in [0.15, 0.2) is 11.6 Å². The van der Waals surface area contributed by atoms with Crippen LogP contribution in [-0.2, 0) is 0 Å². The zero-order valence-corrected chi connectivity index (χ0v) is 8.63. The van der Waals surface area contributed by atoms with E-state index in [-0.39, 0.29) is 0 Å². The number of hydrogen-bond acceptors (Lipinski definition) is 1. The Kier molecular flexibility index (Phi) is 2.73. The van der Waals surface area contributed by atoms with E-state index in [1.54, 1.807) is 5.57 Å². The van der Waals surface area contributed by atoms with Crippen molar-refractivity contribution in [1.29, 1.82) is 0 Å². The molecule has 2 N–H and O–H groups in total. The summed E-state index contributed by atoms with van der Waals surface area (Å²) in [6, 6.07) is 0.368. The van der Waals surface area contributed by atoms with E-state index in [1.807, 2.05) is 0 Å². The van der Waals surface area contributed by atoms with Gasteiger partial charge >= 0.3 is 0 Å². The Morgan fingerprint density at radius 3 is 2.77 bits per heavy atom. The van der Waals surface area contributed by atoms with Crippen LogP contribution in [0, 0.1) is 11.8 Å². The van der Waals surface area contributed by atoms with Crippen LogP contribution in [0.3, 0.4) is 0 Å². The lowest BCUT2D eigenvalue weighted by atomic mass is 9.78. The first-order valence-electron chi connectivity index (χ1n) is 5.72. The molecule has 13 heavy (non-hydrogen) atoms. The molecule has 1 fully saturated rings. The minimum Gasteiger partial charge on any atom is -0.324 e. The maximum absolute atomic E-state index is 5.89. The van der Waals surface area contributed by atoms with Crippen molar-refractivity contribution < 1.29 is 0 Å². The van der Waals surface area contributed by atoms with Crippen molar-refractivity contribution in [3.63, 3.8) is 0 Å². The summed E-state index contributed by atoms with van der Waals surface area (Å²) < 4.78 is 0. The summed E-state index contributed by atoms with van der Waals surface area (Å²) in [6.45, 7) is 2.39. The SMILES string of the molecule is CC1CCCC(C2=CC(N)CC2)C1. The van der Waals surface area contributed by atoms with Crippen molar-refractivity contribution in [2.75, 3.05) is 0 Å². The fourth-order valence-electron chi connectivity index (χ4n) is 2.89. The molecule has 74 valence electrons. The van der Waals surface area contributed by atoms with Crippen LogP contribution in [0.1, 0.15) is 45.4 Å². The third-order valence-corrected chi connectivity index (χ3v) is 3.66. The van der Waals surface area contributed by atoms with Gasteiger partial charge in [-0.05, 0) is 37.5 Å². The van der Waals surface area contributed by atoms with Crippen molar-refractivity contribution in [1.82, 2.24) is 0 Å². The molecule has 0 radical (unpaired) electrons. The average Bonchev–Trinajstić information content (AvgIpc) is 2.52. The Morgan fingerprint density at radius 1 is 1.31 bits per heavy atom. The second-order valence-corrected chi connectivity index (χ2v) is 4.91. The van der Waals surface area contributed by atoms with Crippen LogP contribution < -0.4 is 5.73 Å². The Hall–Kier alpha value is -0.300. The van der Waals surface area contributed by atoms with Crippen molar-refractivity contribution >= 4 is 0 Å². The molecule has 0 amide bonds. The molecular formula is C12H21N. The molecule has 0 heterocycles. The Labute approximate surface area is 81.4 Å². The summed E-state index contributed by atoms with van der Waals surface area (Å²) in [5, 5.41) is 0. The summed E-state index contributed by atoms with van der Waals surface area (Å²) >= 11 is 0. The first-order valence-corrected chi connectivity index (χ1v) is 5.72. The van der Waals surface area contributed by atoms with E-state index < -0.39 is 0 Å². The van der Waals surface area contributed by atoms with Crippen LogP contribution in [-0.4, -0.2) is 6.04 Å². The summed E-state index contributed by atoms with van der Waals surface area (Å²) in [4.78, 5) is 0. The van der Waals surface area contributed by atoms with E-state index >= 15 is 0 Å². The number of rotatable bonds is 1. The van der Waals surface area contributed by atoms with Gasteiger partial charge in [0.1, 0.15) is 0 Å². The molecule has 0 aromatic carbocycles. The zero-order chi connectivity index (χ0) is 9.26. The molecule has 2 aliphatic rings. The van der Waals surface area contributed by atoms with Crippen LogP contribution in [0.4, 0.5) is 0 Å². The first kappa shape index (κ1) is 9.26. The highest BCUT2D eigenvalue weighted by molar-refractivity contribution is 5.17. The third-order valence-electron chi connectivity index (χ3n) is 3.66. The fraction of sp³-hybridized carbons (Fsp3) is 0.833. The van der Waals surface area contributed by atoms with Gasteiger partial charge in [-0.2, -0.15) is 0 Å². The molecule has 2 aliphatic carbocycles. The number of hydrogen-bond donors (Lipinski definition) is 1. The molecule has 1 heteroatoms. The molecule has 1 saturated carbocycles. The summed E-state index contributed by atoms with van der Waals surface area (Å²) in [6.07, 6.45) is 10.5. The summed E-state index contributed by atoms with van der Waals surface area (Å²) in [5.41, 5.74) is 7.57. The third kappa shape index (κ3) is 2.14. The normalized spacial score (nSPS) is 40.5. The van der Waals surface area contributed by atoms with Gasteiger partial charge in [0.25, 0.3) is 0 Å². The first-order chi connectivity index (χ1) is 6.25. The van der Waals surface area contributed by atoms with E-state index in [9.17, 15) is 0 Å². The van der Waals surface area contributed by atoms with Gasteiger partial charge in [-0.3, -0.25) is 0 Å². The van der Waals surface area contributed by atoms with Gasteiger partial charge in [0.15, 0.2) is 0 Å². The fourth-order valence-corrected chi connectivity index (χ4v) is 2.89. The molecule has 3 atom stereocenters. The predicted molar refractivity (Wildman–Crippen MR) is 56.4 cm³/mol. The molecule has 0 bridgehead atoms. The van der Waals surface area contributed by atoms with E-state index in [1.165, 1.54) is 38.5 Å². The molecular weight excluding hydrogens is 158 g/mol. The minimum absolute atomic E-state index is 0.368. The van der Waals surface area contributed by atoms with E-state index in [4.69, 9.17) is 5.73 Å². The molecule has 3 unspecified atom stereocenters.